The fraction of sp³-hybridized carbons (Fsp3) is 0.500. The van der Waals surface area contributed by atoms with Gasteiger partial charge < -0.3 is 10.6 Å². The van der Waals surface area contributed by atoms with Crippen molar-refractivity contribution >= 4 is 22.5 Å². The first-order valence-electron chi connectivity index (χ1n) is 8.46. The molecule has 0 bridgehead atoms. The van der Waals surface area contributed by atoms with Gasteiger partial charge >= 0.3 is 0 Å². The highest BCUT2D eigenvalue weighted by molar-refractivity contribution is 6.05. The Bertz CT molecular complexity index is 765. The summed E-state index contributed by atoms with van der Waals surface area (Å²) in [6, 6.07) is 6.73. The number of amides is 1. The number of nitrogens with zero attached hydrogens (tertiary/aromatic N) is 2. The van der Waals surface area contributed by atoms with E-state index in [2.05, 4.69) is 46.0 Å². The number of rotatable bonds is 5. The van der Waals surface area contributed by atoms with Crippen molar-refractivity contribution in [2.75, 3.05) is 12.4 Å². The lowest BCUT2D eigenvalue weighted by atomic mass is 10.1. The minimum absolute atomic E-state index is 0.198. The van der Waals surface area contributed by atoms with E-state index in [-0.39, 0.29) is 5.91 Å². The third-order valence-corrected chi connectivity index (χ3v) is 4.98. The van der Waals surface area contributed by atoms with E-state index in [1.54, 1.807) is 7.05 Å². The molecular weight excluding hydrogens is 288 g/mol. The number of hydrogen-bond donors (Lipinski definition) is 2. The van der Waals surface area contributed by atoms with Gasteiger partial charge in [0.05, 0.1) is 11.2 Å². The van der Waals surface area contributed by atoms with Crippen molar-refractivity contribution in [2.45, 2.75) is 44.6 Å². The molecule has 0 saturated heterocycles. The van der Waals surface area contributed by atoms with Crippen LogP contribution < -0.4 is 10.6 Å². The molecule has 1 unspecified atom stereocenters. The largest absolute Gasteiger partial charge is 0.380 e. The molecule has 0 aliphatic heterocycles. The third kappa shape index (κ3) is 2.76. The van der Waals surface area contributed by atoms with Gasteiger partial charge in [0.15, 0.2) is 5.69 Å². The van der Waals surface area contributed by atoms with Crippen LogP contribution in [0.5, 0.6) is 0 Å². The summed E-state index contributed by atoms with van der Waals surface area (Å²) < 4.78 is 0. The van der Waals surface area contributed by atoms with Gasteiger partial charge in [-0.15, -0.1) is 10.2 Å². The fourth-order valence-electron chi connectivity index (χ4n) is 3.16. The number of fused-ring (bicyclic) bond motifs is 1. The summed E-state index contributed by atoms with van der Waals surface area (Å²) in [5, 5.41) is 15.7. The quantitative estimate of drug-likeness (QED) is 0.890. The summed E-state index contributed by atoms with van der Waals surface area (Å²) in [4.78, 5) is 12.2. The van der Waals surface area contributed by atoms with Crippen molar-refractivity contribution in [1.82, 2.24) is 15.5 Å². The van der Waals surface area contributed by atoms with E-state index in [1.165, 1.54) is 31.2 Å². The molecule has 2 aliphatic rings. The maximum absolute atomic E-state index is 12.2. The van der Waals surface area contributed by atoms with Gasteiger partial charge in [0.25, 0.3) is 5.91 Å². The maximum Gasteiger partial charge on any atom is 0.273 e. The topological polar surface area (TPSA) is 66.9 Å². The monoisotopic (exact) mass is 310 g/mol. The number of hydrogen-bond acceptors (Lipinski definition) is 4. The fourth-order valence-corrected chi connectivity index (χ4v) is 3.16. The molecule has 1 aromatic carbocycles. The number of aromatic nitrogens is 2. The first kappa shape index (κ1) is 14.4. The van der Waals surface area contributed by atoms with Crippen LogP contribution in [0.2, 0.25) is 0 Å². The number of anilines is 1. The molecule has 0 radical (unpaired) electrons. The van der Waals surface area contributed by atoms with Gasteiger partial charge in [0.2, 0.25) is 0 Å². The van der Waals surface area contributed by atoms with Crippen LogP contribution in [0.3, 0.4) is 0 Å². The molecule has 2 fully saturated rings. The van der Waals surface area contributed by atoms with Crippen molar-refractivity contribution in [3.63, 3.8) is 0 Å². The highest BCUT2D eigenvalue weighted by Gasteiger charge is 2.30. The summed E-state index contributed by atoms with van der Waals surface area (Å²) >= 11 is 0. The van der Waals surface area contributed by atoms with E-state index in [0.29, 0.717) is 23.6 Å². The Balaban J connectivity index is 1.80. The van der Waals surface area contributed by atoms with Crippen LogP contribution in [0.1, 0.15) is 54.6 Å². The lowest BCUT2D eigenvalue weighted by Gasteiger charge is -2.18. The zero-order chi connectivity index (χ0) is 16.0. The summed E-state index contributed by atoms with van der Waals surface area (Å²) in [5.41, 5.74) is 3.40. The summed E-state index contributed by atoms with van der Waals surface area (Å²) in [7, 11) is 1.62. The Labute approximate surface area is 135 Å². The van der Waals surface area contributed by atoms with E-state index >= 15 is 0 Å². The molecule has 2 N–H and O–H groups in total. The lowest BCUT2D eigenvalue weighted by Crippen LogP contribution is -2.25. The summed E-state index contributed by atoms with van der Waals surface area (Å²) in [6.45, 7) is 2.18. The van der Waals surface area contributed by atoms with Gasteiger partial charge in [0, 0.05) is 18.5 Å². The van der Waals surface area contributed by atoms with E-state index in [1.807, 2.05) is 0 Å². The standard InChI is InChI=1S/C18H22N4O/c1-10(11-3-4-11)20-16-14-8-7-13(12-5-6-12)9-15(14)21-22-17(16)18(23)19-2/h7-12H,3-6H2,1-2H3,(H,19,23)(H,20,21). The van der Waals surface area contributed by atoms with Crippen LogP contribution in [-0.4, -0.2) is 29.2 Å². The van der Waals surface area contributed by atoms with Crippen molar-refractivity contribution < 1.29 is 4.79 Å². The van der Waals surface area contributed by atoms with Crippen LogP contribution in [0, 0.1) is 5.92 Å². The zero-order valence-electron chi connectivity index (χ0n) is 13.6. The SMILES string of the molecule is CNC(=O)c1nnc2cc(C3CC3)ccc2c1NC(C)C1CC1. The highest BCUT2D eigenvalue weighted by atomic mass is 16.1. The Kier molecular flexibility index (Phi) is 3.43. The van der Waals surface area contributed by atoms with E-state index in [9.17, 15) is 4.79 Å². The van der Waals surface area contributed by atoms with Gasteiger partial charge in [0.1, 0.15) is 0 Å². The number of carbonyl (C=O) groups is 1. The molecule has 0 spiro atoms. The predicted molar refractivity (Wildman–Crippen MR) is 90.7 cm³/mol. The Morgan fingerprint density at radius 3 is 2.65 bits per heavy atom. The second kappa shape index (κ2) is 5.48. The Morgan fingerprint density at radius 2 is 2.00 bits per heavy atom. The summed E-state index contributed by atoms with van der Waals surface area (Å²) in [6.07, 6.45) is 5.04. The molecule has 5 nitrogen and oxygen atoms in total. The Morgan fingerprint density at radius 1 is 1.22 bits per heavy atom. The lowest BCUT2D eigenvalue weighted by molar-refractivity contribution is 0.0958. The predicted octanol–water partition coefficient (Wildman–Crippen LogP) is 3.08. The number of nitrogens with one attached hydrogen (secondary N) is 2. The second-order valence-corrected chi connectivity index (χ2v) is 6.82. The first-order chi connectivity index (χ1) is 11.2. The molecule has 2 aliphatic carbocycles. The van der Waals surface area contributed by atoms with Gasteiger partial charge in [-0.3, -0.25) is 4.79 Å². The van der Waals surface area contributed by atoms with E-state index < -0.39 is 0 Å². The molecule has 120 valence electrons. The molecule has 5 heteroatoms. The van der Waals surface area contributed by atoms with Crippen LogP contribution in [0.15, 0.2) is 18.2 Å². The minimum atomic E-state index is -0.198. The highest BCUT2D eigenvalue weighted by Crippen LogP contribution is 2.41. The molecule has 1 aromatic heterocycles. The van der Waals surface area contributed by atoms with E-state index in [4.69, 9.17) is 0 Å². The van der Waals surface area contributed by atoms with Crippen molar-refractivity contribution in [1.29, 1.82) is 0 Å². The van der Waals surface area contributed by atoms with Gasteiger partial charge in [-0.25, -0.2) is 0 Å². The number of carbonyl (C=O) groups excluding carboxylic acids is 1. The van der Waals surface area contributed by atoms with Crippen LogP contribution >= 0.6 is 0 Å². The summed E-state index contributed by atoms with van der Waals surface area (Å²) in [5.74, 6) is 1.18. The number of benzene rings is 1. The maximum atomic E-state index is 12.2. The van der Waals surface area contributed by atoms with Crippen LogP contribution in [0.4, 0.5) is 5.69 Å². The third-order valence-electron chi connectivity index (χ3n) is 4.98. The average Bonchev–Trinajstić information content (AvgIpc) is 3.45. The van der Waals surface area contributed by atoms with E-state index in [0.717, 1.165) is 16.6 Å². The molecule has 4 rings (SSSR count). The van der Waals surface area contributed by atoms with Gasteiger partial charge in [-0.2, -0.15) is 0 Å². The minimum Gasteiger partial charge on any atom is -0.380 e. The zero-order valence-corrected chi connectivity index (χ0v) is 13.6. The van der Waals surface area contributed by atoms with Gasteiger partial charge in [-0.1, -0.05) is 12.1 Å². The molecule has 2 aromatic rings. The van der Waals surface area contributed by atoms with Crippen molar-refractivity contribution in [3.8, 4) is 0 Å². The van der Waals surface area contributed by atoms with Crippen LogP contribution in [0.25, 0.3) is 10.9 Å². The average molecular weight is 310 g/mol. The molecule has 1 atom stereocenters. The molecular formula is C18H22N4O. The molecule has 23 heavy (non-hydrogen) atoms. The molecule has 1 amide bonds. The van der Waals surface area contributed by atoms with Crippen LogP contribution in [-0.2, 0) is 0 Å². The second-order valence-electron chi connectivity index (χ2n) is 6.82. The smallest absolute Gasteiger partial charge is 0.273 e. The molecule has 2 saturated carbocycles. The van der Waals surface area contributed by atoms with Crippen molar-refractivity contribution in [2.24, 2.45) is 5.92 Å². The normalized spacial score (nSPS) is 18.7. The Hall–Kier alpha value is -2.17. The molecule has 1 heterocycles. The van der Waals surface area contributed by atoms with Gasteiger partial charge in [-0.05, 0) is 56.1 Å². The van der Waals surface area contributed by atoms with Crippen molar-refractivity contribution in [3.05, 3.63) is 29.5 Å². The first-order valence-corrected chi connectivity index (χ1v) is 8.46.